The Morgan fingerprint density at radius 1 is 1.53 bits per heavy atom. The first-order valence-electron chi connectivity index (χ1n) is 5.16. The van der Waals surface area contributed by atoms with Crippen LogP contribution in [0.4, 0.5) is 0 Å². The van der Waals surface area contributed by atoms with Gasteiger partial charge in [-0.1, -0.05) is 0 Å². The maximum absolute atomic E-state index is 11.8. The molecule has 6 heteroatoms. The van der Waals surface area contributed by atoms with Gasteiger partial charge in [0.15, 0.2) is 0 Å². The number of alkyl halides is 1. The van der Waals surface area contributed by atoms with Crippen molar-refractivity contribution in [2.75, 3.05) is 31.8 Å². The van der Waals surface area contributed by atoms with Gasteiger partial charge in [-0.2, -0.15) is 4.31 Å². The van der Waals surface area contributed by atoms with Crippen LogP contribution >= 0.6 is 11.6 Å². The summed E-state index contributed by atoms with van der Waals surface area (Å²) in [4.78, 5) is 0. The number of piperidine rings is 1. The second-order valence-corrected chi connectivity index (χ2v) is 6.18. The van der Waals surface area contributed by atoms with Crippen LogP contribution in [0, 0.1) is 0 Å². The van der Waals surface area contributed by atoms with E-state index in [1.165, 1.54) is 4.31 Å². The van der Waals surface area contributed by atoms with Gasteiger partial charge in [0, 0.05) is 26.1 Å². The van der Waals surface area contributed by atoms with Crippen LogP contribution in [0.3, 0.4) is 0 Å². The molecule has 1 aliphatic heterocycles. The Morgan fingerprint density at radius 3 is 2.87 bits per heavy atom. The van der Waals surface area contributed by atoms with Crippen LogP contribution in [-0.2, 0) is 14.8 Å². The van der Waals surface area contributed by atoms with E-state index >= 15 is 0 Å². The zero-order valence-corrected chi connectivity index (χ0v) is 10.6. The van der Waals surface area contributed by atoms with Gasteiger partial charge in [-0.05, 0) is 19.3 Å². The van der Waals surface area contributed by atoms with Gasteiger partial charge in [0.25, 0.3) is 0 Å². The quantitative estimate of drug-likeness (QED) is 0.690. The highest BCUT2D eigenvalue weighted by atomic mass is 35.5. The summed E-state index contributed by atoms with van der Waals surface area (Å²) in [6.45, 7) is 1.10. The Kier molecular flexibility index (Phi) is 5.32. The maximum Gasteiger partial charge on any atom is 0.214 e. The molecule has 1 rings (SSSR count). The van der Waals surface area contributed by atoms with Gasteiger partial charge in [-0.3, -0.25) is 0 Å². The number of hydrogen-bond acceptors (Lipinski definition) is 3. The lowest BCUT2D eigenvalue weighted by Gasteiger charge is -2.30. The van der Waals surface area contributed by atoms with Crippen molar-refractivity contribution in [3.8, 4) is 0 Å². The topological polar surface area (TPSA) is 46.6 Å². The molecule has 0 radical (unpaired) electrons. The highest BCUT2D eigenvalue weighted by Crippen LogP contribution is 2.16. The lowest BCUT2D eigenvalue weighted by Crippen LogP contribution is -2.43. The second-order valence-electron chi connectivity index (χ2n) is 3.72. The average Bonchev–Trinajstić information content (AvgIpc) is 2.26. The van der Waals surface area contributed by atoms with Crippen molar-refractivity contribution in [1.82, 2.24) is 4.31 Å². The van der Waals surface area contributed by atoms with Crippen molar-refractivity contribution in [2.24, 2.45) is 0 Å². The number of ether oxygens (including phenoxy) is 1. The van der Waals surface area contributed by atoms with Crippen molar-refractivity contribution in [3.05, 3.63) is 0 Å². The minimum Gasteiger partial charge on any atom is -0.380 e. The van der Waals surface area contributed by atoms with Crippen molar-refractivity contribution in [1.29, 1.82) is 0 Å². The molecule has 0 amide bonds. The number of rotatable bonds is 5. The molecule has 0 aromatic heterocycles. The van der Waals surface area contributed by atoms with Gasteiger partial charge >= 0.3 is 0 Å². The predicted molar refractivity (Wildman–Crippen MR) is 60.7 cm³/mol. The summed E-state index contributed by atoms with van der Waals surface area (Å²) in [5, 5.41) is 0. The van der Waals surface area contributed by atoms with Crippen LogP contribution in [0.15, 0.2) is 0 Å². The molecule has 0 N–H and O–H groups in total. The number of nitrogens with zero attached hydrogens (tertiary/aromatic N) is 1. The van der Waals surface area contributed by atoms with E-state index in [1.807, 2.05) is 0 Å². The number of halogens is 1. The monoisotopic (exact) mass is 255 g/mol. The van der Waals surface area contributed by atoms with Gasteiger partial charge in [0.2, 0.25) is 10.0 Å². The molecule has 1 fully saturated rings. The van der Waals surface area contributed by atoms with Gasteiger partial charge in [0.05, 0.1) is 11.9 Å². The third-order valence-electron chi connectivity index (χ3n) is 2.60. The fourth-order valence-electron chi connectivity index (χ4n) is 1.72. The van der Waals surface area contributed by atoms with E-state index in [0.29, 0.717) is 25.4 Å². The molecular weight excluding hydrogens is 238 g/mol. The molecule has 0 bridgehead atoms. The van der Waals surface area contributed by atoms with Crippen molar-refractivity contribution >= 4 is 21.6 Å². The minimum absolute atomic E-state index is 0.0459. The van der Waals surface area contributed by atoms with E-state index in [0.717, 1.165) is 12.8 Å². The zero-order chi connectivity index (χ0) is 11.3. The van der Waals surface area contributed by atoms with E-state index in [9.17, 15) is 8.42 Å². The summed E-state index contributed by atoms with van der Waals surface area (Å²) >= 11 is 5.49. The fourth-order valence-corrected chi connectivity index (χ4v) is 3.58. The Labute approximate surface area is 96.6 Å². The molecule has 0 spiro atoms. The van der Waals surface area contributed by atoms with E-state index < -0.39 is 10.0 Å². The summed E-state index contributed by atoms with van der Waals surface area (Å²) < 4.78 is 30.3. The van der Waals surface area contributed by atoms with Crippen molar-refractivity contribution in [3.63, 3.8) is 0 Å². The van der Waals surface area contributed by atoms with Gasteiger partial charge in [0.1, 0.15) is 0 Å². The first-order valence-corrected chi connectivity index (χ1v) is 7.31. The van der Waals surface area contributed by atoms with Gasteiger partial charge < -0.3 is 4.74 Å². The molecule has 1 atom stereocenters. The standard InChI is InChI=1S/C9H18ClNO3S/c1-14-9-4-2-6-11(8-9)15(12,13)7-3-5-10/h9H,2-8H2,1H3. The first kappa shape index (κ1) is 13.2. The highest BCUT2D eigenvalue weighted by molar-refractivity contribution is 7.89. The van der Waals surface area contributed by atoms with E-state index in [4.69, 9.17) is 16.3 Å². The summed E-state index contributed by atoms with van der Waals surface area (Å²) in [7, 11) is -1.50. The SMILES string of the molecule is COC1CCCN(S(=O)(=O)CCCCl)C1. The largest absolute Gasteiger partial charge is 0.380 e. The van der Waals surface area contributed by atoms with Crippen molar-refractivity contribution in [2.45, 2.75) is 25.4 Å². The molecule has 0 aliphatic carbocycles. The van der Waals surface area contributed by atoms with Crippen LogP contribution in [0.1, 0.15) is 19.3 Å². The molecule has 1 unspecified atom stereocenters. The zero-order valence-electron chi connectivity index (χ0n) is 8.99. The molecule has 0 aromatic rings. The average molecular weight is 256 g/mol. The smallest absolute Gasteiger partial charge is 0.214 e. The van der Waals surface area contributed by atoms with Crippen LogP contribution in [-0.4, -0.2) is 50.7 Å². The Balaban J connectivity index is 2.54. The van der Waals surface area contributed by atoms with E-state index in [1.54, 1.807) is 7.11 Å². The van der Waals surface area contributed by atoms with Crippen LogP contribution in [0.25, 0.3) is 0 Å². The van der Waals surface area contributed by atoms with Crippen LogP contribution in [0.5, 0.6) is 0 Å². The normalized spacial score (nSPS) is 24.3. The number of methoxy groups -OCH3 is 1. The lowest BCUT2D eigenvalue weighted by atomic mass is 10.1. The predicted octanol–water partition coefficient (Wildman–Crippen LogP) is 1.06. The third-order valence-corrected chi connectivity index (χ3v) is 4.79. The fraction of sp³-hybridized carbons (Fsp3) is 1.00. The van der Waals surface area contributed by atoms with Crippen LogP contribution < -0.4 is 0 Å². The molecule has 1 heterocycles. The van der Waals surface area contributed by atoms with E-state index in [2.05, 4.69) is 0 Å². The summed E-state index contributed by atoms with van der Waals surface area (Å²) in [6, 6.07) is 0. The van der Waals surface area contributed by atoms with E-state index in [-0.39, 0.29) is 11.9 Å². The second kappa shape index (κ2) is 6.03. The Bertz CT molecular complexity index is 281. The Morgan fingerprint density at radius 2 is 2.27 bits per heavy atom. The third kappa shape index (κ3) is 3.90. The maximum atomic E-state index is 11.8. The van der Waals surface area contributed by atoms with Crippen molar-refractivity contribution < 1.29 is 13.2 Å². The minimum atomic E-state index is -3.12. The number of sulfonamides is 1. The first-order chi connectivity index (χ1) is 7.10. The highest BCUT2D eigenvalue weighted by Gasteiger charge is 2.28. The summed E-state index contributed by atoms with van der Waals surface area (Å²) in [5.74, 6) is 0.535. The molecule has 4 nitrogen and oxygen atoms in total. The summed E-state index contributed by atoms with van der Waals surface area (Å²) in [6.07, 6.45) is 2.37. The molecule has 0 aromatic carbocycles. The molecule has 90 valence electrons. The van der Waals surface area contributed by atoms with Gasteiger partial charge in [-0.15, -0.1) is 11.6 Å². The molecule has 0 saturated carbocycles. The Hall–Kier alpha value is 0.160. The van der Waals surface area contributed by atoms with Gasteiger partial charge in [-0.25, -0.2) is 8.42 Å². The van der Waals surface area contributed by atoms with Crippen LogP contribution in [0.2, 0.25) is 0 Å². The lowest BCUT2D eigenvalue weighted by molar-refractivity contribution is 0.0572. The molecular formula is C9H18ClNO3S. The summed E-state index contributed by atoms with van der Waals surface area (Å²) in [5.41, 5.74) is 0. The number of hydrogen-bond donors (Lipinski definition) is 0. The molecule has 1 saturated heterocycles. The molecule has 15 heavy (non-hydrogen) atoms. The molecule has 1 aliphatic rings.